The van der Waals surface area contributed by atoms with E-state index >= 15 is 0 Å². The molecule has 14 heteroatoms. The van der Waals surface area contributed by atoms with Crippen LogP contribution < -0.4 is 15.4 Å². The molecule has 1 heterocycles. The van der Waals surface area contributed by atoms with Gasteiger partial charge in [-0.25, -0.2) is 8.78 Å². The molecule has 3 rings (SSSR count). The van der Waals surface area contributed by atoms with Crippen molar-refractivity contribution < 1.29 is 58.1 Å². The molecular formula is C37H54F2N2O10. The fourth-order valence-corrected chi connectivity index (χ4v) is 5.84. The summed E-state index contributed by atoms with van der Waals surface area (Å²) in [6.07, 6.45) is -1.91. The Hall–Kier alpha value is -3.24. The van der Waals surface area contributed by atoms with Gasteiger partial charge in [0, 0.05) is 13.0 Å². The van der Waals surface area contributed by atoms with Gasteiger partial charge >= 0.3 is 0 Å². The minimum absolute atomic E-state index is 0.0441. The fraction of sp³-hybridized carbons (Fsp3) is 0.622. The highest BCUT2D eigenvalue weighted by molar-refractivity contribution is 5.78. The first kappa shape index (κ1) is 42.2. The Kier molecular flexibility index (Phi) is 18.2. The summed E-state index contributed by atoms with van der Waals surface area (Å²) in [7, 11) is 1.54. The van der Waals surface area contributed by atoms with Crippen LogP contribution in [0.1, 0.15) is 75.8 Å². The molecule has 286 valence electrons. The maximum atomic E-state index is 13.3. The number of carbonyl (C=O) groups is 2. The van der Waals surface area contributed by atoms with Crippen molar-refractivity contribution in [1.29, 1.82) is 0 Å². The number of methoxy groups -OCH3 is 1. The summed E-state index contributed by atoms with van der Waals surface area (Å²) in [5.41, 5.74) is 1.51. The van der Waals surface area contributed by atoms with Crippen LogP contribution in [0.5, 0.6) is 5.75 Å². The third-order valence-corrected chi connectivity index (χ3v) is 8.99. The molecule has 1 fully saturated rings. The number of ether oxygens (including phenoxy) is 3. The molecule has 0 spiro atoms. The van der Waals surface area contributed by atoms with Gasteiger partial charge in [0.15, 0.2) is 17.9 Å². The molecule has 5 unspecified atom stereocenters. The number of aliphatic hydroxyl groups is 5. The van der Waals surface area contributed by atoms with Crippen molar-refractivity contribution >= 4 is 11.8 Å². The van der Waals surface area contributed by atoms with Crippen molar-refractivity contribution in [3.8, 4) is 5.75 Å². The Labute approximate surface area is 298 Å². The summed E-state index contributed by atoms with van der Waals surface area (Å²) >= 11 is 0. The molecule has 0 bridgehead atoms. The first-order valence-corrected chi connectivity index (χ1v) is 17.7. The van der Waals surface area contributed by atoms with Crippen LogP contribution in [0.25, 0.3) is 0 Å². The molecule has 0 aliphatic carbocycles. The van der Waals surface area contributed by atoms with E-state index in [2.05, 4.69) is 10.6 Å². The number of amides is 2. The molecule has 2 amide bonds. The van der Waals surface area contributed by atoms with Gasteiger partial charge in [-0.1, -0.05) is 56.7 Å². The van der Waals surface area contributed by atoms with Crippen molar-refractivity contribution in [1.82, 2.24) is 10.6 Å². The second kappa shape index (κ2) is 22.0. The number of unbranched alkanes of at least 4 members (excludes halogenated alkanes) is 7. The number of aryl methyl sites for hydroxylation is 1. The topological polar surface area (TPSA) is 187 Å². The Morgan fingerprint density at radius 1 is 0.824 bits per heavy atom. The number of hydrogen-bond acceptors (Lipinski definition) is 10. The van der Waals surface area contributed by atoms with Gasteiger partial charge in [-0.3, -0.25) is 9.59 Å². The second-order valence-corrected chi connectivity index (χ2v) is 13.2. The third-order valence-electron chi connectivity index (χ3n) is 8.99. The Bertz CT molecular complexity index is 1330. The van der Waals surface area contributed by atoms with E-state index in [0.29, 0.717) is 18.6 Å². The number of carbonyl (C=O) groups excluding carboxylic acids is 2. The van der Waals surface area contributed by atoms with E-state index in [9.17, 15) is 43.9 Å². The maximum Gasteiger partial charge on any atom is 0.224 e. The Morgan fingerprint density at radius 3 is 2.08 bits per heavy atom. The van der Waals surface area contributed by atoms with Gasteiger partial charge in [-0.05, 0) is 61.6 Å². The number of benzene rings is 2. The van der Waals surface area contributed by atoms with Crippen LogP contribution in [0.2, 0.25) is 0 Å². The minimum atomic E-state index is -1.68. The van der Waals surface area contributed by atoms with Crippen LogP contribution >= 0.6 is 0 Å². The van der Waals surface area contributed by atoms with E-state index in [-0.39, 0.29) is 31.2 Å². The molecule has 2 aromatic rings. The predicted molar refractivity (Wildman–Crippen MR) is 184 cm³/mol. The highest BCUT2D eigenvalue weighted by atomic mass is 19.2. The SMILES string of the molecule is COc1ccc(CC(=O)NCC2OC(OC[C@H](NC(=O)CCCCCCCCCCc3ccc(F)c(F)c3)[C@H](O)[C@@H](C)O)C(O)C(O)C2O)cc1. The average Bonchev–Trinajstić information content (AvgIpc) is 3.11. The summed E-state index contributed by atoms with van der Waals surface area (Å²) in [5, 5.41) is 57.3. The predicted octanol–water partition coefficient (Wildman–Crippen LogP) is 2.44. The first-order valence-electron chi connectivity index (χ1n) is 17.7. The van der Waals surface area contributed by atoms with Gasteiger partial charge in [0.25, 0.3) is 0 Å². The highest BCUT2D eigenvalue weighted by Crippen LogP contribution is 2.23. The Morgan fingerprint density at radius 2 is 1.45 bits per heavy atom. The molecule has 8 atom stereocenters. The molecular weight excluding hydrogens is 670 g/mol. The van der Waals surface area contributed by atoms with Crippen LogP contribution in [0, 0.1) is 11.6 Å². The van der Waals surface area contributed by atoms with Crippen LogP contribution in [0.15, 0.2) is 42.5 Å². The zero-order chi connectivity index (χ0) is 37.3. The standard InChI is InChI=1S/C37H54F2N2O10/c1-23(42)33(45)29(41-31(43)12-10-8-6-4-3-5-7-9-11-24-15-18-27(38)28(39)19-24)22-50-37-36(48)35(47)34(46)30(51-37)21-40-32(44)20-25-13-16-26(49-2)17-14-25/h13-19,23,29-30,33-37,42,45-48H,3-12,20-22H2,1-2H3,(H,40,44)(H,41,43)/t23-,29+,30?,33-,34?,35?,36?,37?/m1/s1. The third kappa shape index (κ3) is 14.4. The van der Waals surface area contributed by atoms with E-state index in [1.54, 1.807) is 30.3 Å². The minimum Gasteiger partial charge on any atom is -0.497 e. The number of hydrogen-bond donors (Lipinski definition) is 7. The lowest BCUT2D eigenvalue weighted by Gasteiger charge is -2.41. The average molecular weight is 725 g/mol. The monoisotopic (exact) mass is 724 g/mol. The lowest BCUT2D eigenvalue weighted by molar-refractivity contribution is -0.297. The van der Waals surface area contributed by atoms with Crippen molar-refractivity contribution in [3.05, 3.63) is 65.2 Å². The zero-order valence-electron chi connectivity index (χ0n) is 29.4. The molecule has 0 aromatic heterocycles. The lowest BCUT2D eigenvalue weighted by atomic mass is 9.98. The lowest BCUT2D eigenvalue weighted by Crippen LogP contribution is -2.61. The van der Waals surface area contributed by atoms with Gasteiger partial charge in [-0.15, -0.1) is 0 Å². The highest BCUT2D eigenvalue weighted by Gasteiger charge is 2.44. The van der Waals surface area contributed by atoms with Crippen LogP contribution in [-0.4, -0.2) is 107 Å². The van der Waals surface area contributed by atoms with Gasteiger partial charge in [-0.2, -0.15) is 0 Å². The molecule has 1 aliphatic rings. The quantitative estimate of drug-likeness (QED) is 0.0890. The van der Waals surface area contributed by atoms with Gasteiger partial charge < -0.3 is 50.4 Å². The summed E-state index contributed by atoms with van der Waals surface area (Å²) in [6, 6.07) is 9.84. The molecule has 12 nitrogen and oxygen atoms in total. The molecule has 1 aliphatic heterocycles. The van der Waals surface area contributed by atoms with Gasteiger partial charge in [0.05, 0.1) is 32.3 Å². The van der Waals surface area contributed by atoms with Crippen LogP contribution in [-0.2, 0) is 31.9 Å². The van der Waals surface area contributed by atoms with E-state index in [1.165, 1.54) is 20.1 Å². The van der Waals surface area contributed by atoms with Crippen LogP contribution in [0.3, 0.4) is 0 Å². The number of rotatable bonds is 22. The maximum absolute atomic E-state index is 13.3. The van der Waals surface area contributed by atoms with Gasteiger partial charge in [0.1, 0.15) is 36.3 Å². The van der Waals surface area contributed by atoms with E-state index in [4.69, 9.17) is 14.2 Å². The smallest absolute Gasteiger partial charge is 0.224 e. The van der Waals surface area contributed by atoms with E-state index < -0.39 is 67.2 Å². The van der Waals surface area contributed by atoms with E-state index in [1.807, 2.05) is 0 Å². The fourth-order valence-electron chi connectivity index (χ4n) is 5.84. The summed E-state index contributed by atoms with van der Waals surface area (Å²) in [4.78, 5) is 25.2. The van der Waals surface area contributed by atoms with Crippen molar-refractivity contribution in [2.45, 2.75) is 127 Å². The number of halogens is 2. The zero-order valence-corrected chi connectivity index (χ0v) is 29.4. The second-order valence-electron chi connectivity index (χ2n) is 13.2. The van der Waals surface area contributed by atoms with Gasteiger partial charge in [0.2, 0.25) is 11.8 Å². The van der Waals surface area contributed by atoms with Crippen LogP contribution in [0.4, 0.5) is 8.78 Å². The van der Waals surface area contributed by atoms with E-state index in [0.717, 1.165) is 62.1 Å². The molecule has 1 saturated heterocycles. The molecule has 2 aromatic carbocycles. The summed E-state index contributed by atoms with van der Waals surface area (Å²) in [5.74, 6) is -1.75. The molecule has 51 heavy (non-hydrogen) atoms. The molecule has 0 saturated carbocycles. The summed E-state index contributed by atoms with van der Waals surface area (Å²) < 4.78 is 42.8. The molecule has 0 radical (unpaired) electrons. The largest absolute Gasteiger partial charge is 0.497 e. The first-order chi connectivity index (χ1) is 24.4. The van der Waals surface area contributed by atoms with Crippen molar-refractivity contribution in [2.75, 3.05) is 20.3 Å². The Balaban J connectivity index is 1.36. The number of nitrogens with one attached hydrogen (secondary N) is 2. The van der Waals surface area contributed by atoms with Crippen molar-refractivity contribution in [3.63, 3.8) is 0 Å². The normalized spacial score (nSPS) is 22.2. The molecule has 7 N–H and O–H groups in total. The summed E-state index contributed by atoms with van der Waals surface area (Å²) in [6.45, 7) is 0.758. The number of aliphatic hydroxyl groups excluding tert-OH is 5. The van der Waals surface area contributed by atoms with Crippen molar-refractivity contribution in [2.24, 2.45) is 0 Å².